The fraction of sp³-hybridized carbons (Fsp3) is 0.172. The van der Waals surface area contributed by atoms with Gasteiger partial charge in [-0.05, 0) is 65.4 Å². The first-order chi connectivity index (χ1) is 16.0. The van der Waals surface area contributed by atoms with Gasteiger partial charge in [0.1, 0.15) is 5.75 Å². The van der Waals surface area contributed by atoms with Crippen molar-refractivity contribution in [2.24, 2.45) is 0 Å². The van der Waals surface area contributed by atoms with Crippen molar-refractivity contribution in [2.75, 3.05) is 6.61 Å². The summed E-state index contributed by atoms with van der Waals surface area (Å²) in [7, 11) is 0. The third kappa shape index (κ3) is 5.38. The van der Waals surface area contributed by atoms with Gasteiger partial charge in [-0.1, -0.05) is 61.9 Å². The Balaban J connectivity index is 1.46. The molecule has 0 N–H and O–H groups in total. The minimum atomic E-state index is -1.46. The Hall–Kier alpha value is -3.71. The van der Waals surface area contributed by atoms with Crippen LogP contribution >= 0.6 is 0 Å². The van der Waals surface area contributed by atoms with E-state index in [1.54, 1.807) is 12.1 Å². The predicted octanol–water partition coefficient (Wildman–Crippen LogP) is 7.89. The Bertz CT molecular complexity index is 1310. The molecule has 4 heteroatoms. The Morgan fingerprint density at radius 2 is 1.33 bits per heavy atom. The van der Waals surface area contributed by atoms with Crippen LogP contribution in [0.1, 0.15) is 37.3 Å². The van der Waals surface area contributed by atoms with Crippen molar-refractivity contribution >= 4 is 10.8 Å². The molecule has 166 valence electrons. The first-order valence-electron chi connectivity index (χ1n) is 11.0. The number of ether oxygens (including phenoxy) is 1. The standard InChI is InChI=1S/C29H23F3O/c1-2-3-4-17-33-25-14-12-23(13-15-25)22-10-7-20(8-11-22)5-6-21-9-16-26-24(18-21)19-27(30)29(32)28(26)31/h7-16,18-19H,2-4,17H2,1H3. The molecule has 0 heterocycles. The van der Waals surface area contributed by atoms with E-state index in [2.05, 4.69) is 18.8 Å². The van der Waals surface area contributed by atoms with Crippen molar-refractivity contribution in [3.63, 3.8) is 0 Å². The highest BCUT2D eigenvalue weighted by Gasteiger charge is 2.13. The Kier molecular flexibility index (Phi) is 7.00. The molecule has 0 spiro atoms. The molecule has 0 saturated heterocycles. The number of rotatable bonds is 6. The monoisotopic (exact) mass is 444 g/mol. The van der Waals surface area contributed by atoms with Crippen molar-refractivity contribution in [1.82, 2.24) is 0 Å². The van der Waals surface area contributed by atoms with Crippen LogP contribution in [0, 0.1) is 29.3 Å². The SMILES string of the molecule is CCCCCOc1ccc(-c2ccc(C#Cc3ccc4c(F)c(F)c(F)cc4c3)cc2)cc1. The van der Waals surface area contributed by atoms with E-state index >= 15 is 0 Å². The molecular weight excluding hydrogens is 421 g/mol. The topological polar surface area (TPSA) is 9.23 Å². The summed E-state index contributed by atoms with van der Waals surface area (Å²) in [6, 6.07) is 21.4. The van der Waals surface area contributed by atoms with Gasteiger partial charge in [0.25, 0.3) is 0 Å². The van der Waals surface area contributed by atoms with Gasteiger partial charge in [0, 0.05) is 16.5 Å². The van der Waals surface area contributed by atoms with Gasteiger partial charge in [-0.2, -0.15) is 0 Å². The summed E-state index contributed by atoms with van der Waals surface area (Å²) in [4.78, 5) is 0. The van der Waals surface area contributed by atoms with Crippen LogP contribution in [0.15, 0.2) is 72.8 Å². The van der Waals surface area contributed by atoms with E-state index in [0.717, 1.165) is 41.5 Å². The Morgan fingerprint density at radius 3 is 2.03 bits per heavy atom. The van der Waals surface area contributed by atoms with Gasteiger partial charge < -0.3 is 4.74 Å². The number of fused-ring (bicyclic) bond motifs is 1. The van der Waals surface area contributed by atoms with Crippen LogP contribution in [0.3, 0.4) is 0 Å². The lowest BCUT2D eigenvalue weighted by Crippen LogP contribution is -1.96. The predicted molar refractivity (Wildman–Crippen MR) is 127 cm³/mol. The van der Waals surface area contributed by atoms with Crippen molar-refractivity contribution in [2.45, 2.75) is 26.2 Å². The lowest BCUT2D eigenvalue weighted by Gasteiger charge is -2.07. The van der Waals surface area contributed by atoms with Crippen molar-refractivity contribution in [3.05, 3.63) is 101 Å². The van der Waals surface area contributed by atoms with Gasteiger partial charge in [0.2, 0.25) is 0 Å². The van der Waals surface area contributed by atoms with E-state index in [0.29, 0.717) is 5.56 Å². The van der Waals surface area contributed by atoms with Crippen molar-refractivity contribution in [1.29, 1.82) is 0 Å². The molecule has 0 radical (unpaired) electrons. The molecule has 4 aromatic rings. The normalized spacial score (nSPS) is 10.7. The van der Waals surface area contributed by atoms with Crippen molar-refractivity contribution < 1.29 is 17.9 Å². The molecule has 0 saturated carbocycles. The van der Waals surface area contributed by atoms with Gasteiger partial charge in [0.05, 0.1) is 6.61 Å². The fourth-order valence-corrected chi connectivity index (χ4v) is 3.56. The number of unbranched alkanes of at least 4 members (excludes halogenated alkanes) is 2. The van der Waals surface area contributed by atoms with E-state index in [1.165, 1.54) is 18.9 Å². The number of hydrogen-bond acceptors (Lipinski definition) is 1. The molecule has 0 atom stereocenters. The highest BCUT2D eigenvalue weighted by molar-refractivity contribution is 5.84. The summed E-state index contributed by atoms with van der Waals surface area (Å²) in [5.74, 6) is 3.07. The molecule has 0 fully saturated rings. The zero-order valence-corrected chi connectivity index (χ0v) is 18.3. The molecule has 0 bridgehead atoms. The Labute approximate surface area is 191 Å². The zero-order chi connectivity index (χ0) is 23.2. The molecule has 1 nitrogen and oxygen atoms in total. The van der Waals surface area contributed by atoms with E-state index in [-0.39, 0.29) is 10.8 Å². The second-order valence-corrected chi connectivity index (χ2v) is 7.83. The Morgan fingerprint density at radius 1 is 0.697 bits per heavy atom. The molecule has 0 unspecified atom stereocenters. The minimum absolute atomic E-state index is 0.0289. The lowest BCUT2D eigenvalue weighted by atomic mass is 10.0. The first kappa shape index (κ1) is 22.5. The summed E-state index contributed by atoms with van der Waals surface area (Å²) < 4.78 is 46.5. The summed E-state index contributed by atoms with van der Waals surface area (Å²) in [6.45, 7) is 2.90. The lowest BCUT2D eigenvalue weighted by molar-refractivity contribution is 0.306. The number of hydrogen-bond donors (Lipinski definition) is 0. The van der Waals surface area contributed by atoms with Gasteiger partial charge in [-0.25, -0.2) is 13.2 Å². The van der Waals surface area contributed by atoms with Gasteiger partial charge in [-0.15, -0.1) is 0 Å². The highest BCUT2D eigenvalue weighted by Crippen LogP contribution is 2.25. The maximum Gasteiger partial charge on any atom is 0.195 e. The maximum atomic E-state index is 13.9. The summed E-state index contributed by atoms with van der Waals surface area (Å²) >= 11 is 0. The van der Waals surface area contributed by atoms with Crippen LogP contribution in [-0.2, 0) is 0 Å². The number of benzene rings is 4. The second kappa shape index (κ2) is 10.3. The molecule has 0 amide bonds. The van der Waals surface area contributed by atoms with Gasteiger partial charge >= 0.3 is 0 Å². The van der Waals surface area contributed by atoms with Crippen molar-refractivity contribution in [3.8, 4) is 28.7 Å². The summed E-state index contributed by atoms with van der Waals surface area (Å²) in [6.07, 6.45) is 3.41. The average molecular weight is 444 g/mol. The van der Waals surface area contributed by atoms with Crippen LogP contribution in [0.2, 0.25) is 0 Å². The van der Waals surface area contributed by atoms with Crippen LogP contribution in [0.5, 0.6) is 5.75 Å². The molecule has 4 aromatic carbocycles. The highest BCUT2D eigenvalue weighted by atomic mass is 19.2. The fourth-order valence-electron chi connectivity index (χ4n) is 3.56. The average Bonchev–Trinajstić information content (AvgIpc) is 2.84. The van der Waals surface area contributed by atoms with Crippen LogP contribution < -0.4 is 4.74 Å². The van der Waals surface area contributed by atoms with Crippen LogP contribution in [0.25, 0.3) is 21.9 Å². The summed E-state index contributed by atoms with van der Waals surface area (Å²) in [5, 5.41) is 0.299. The third-order valence-electron chi connectivity index (χ3n) is 5.41. The quantitative estimate of drug-likeness (QED) is 0.167. The smallest absolute Gasteiger partial charge is 0.195 e. The van der Waals surface area contributed by atoms with E-state index in [4.69, 9.17) is 4.74 Å². The molecule has 33 heavy (non-hydrogen) atoms. The molecule has 0 aromatic heterocycles. The molecule has 4 rings (SSSR count). The molecule has 0 aliphatic carbocycles. The first-order valence-corrected chi connectivity index (χ1v) is 11.0. The van der Waals surface area contributed by atoms with Gasteiger partial charge in [0.15, 0.2) is 17.5 Å². The minimum Gasteiger partial charge on any atom is -0.494 e. The number of halogens is 3. The largest absolute Gasteiger partial charge is 0.494 e. The zero-order valence-electron chi connectivity index (χ0n) is 18.3. The van der Waals surface area contributed by atoms with E-state index in [9.17, 15) is 13.2 Å². The maximum absolute atomic E-state index is 13.9. The summed E-state index contributed by atoms with van der Waals surface area (Å²) in [5.41, 5.74) is 3.55. The molecular formula is C29H23F3O. The van der Waals surface area contributed by atoms with Crippen LogP contribution in [0.4, 0.5) is 13.2 Å². The molecule has 0 aliphatic rings. The van der Waals surface area contributed by atoms with Gasteiger partial charge in [-0.3, -0.25) is 0 Å². The second-order valence-electron chi connectivity index (χ2n) is 7.83. The van der Waals surface area contributed by atoms with Crippen LogP contribution in [-0.4, -0.2) is 6.61 Å². The molecule has 0 aliphatic heterocycles. The van der Waals surface area contributed by atoms with E-state index < -0.39 is 17.5 Å². The third-order valence-corrected chi connectivity index (χ3v) is 5.41. The van der Waals surface area contributed by atoms with E-state index in [1.807, 2.05) is 48.5 Å².